The zero-order valence-corrected chi connectivity index (χ0v) is 13.0. The third-order valence-corrected chi connectivity index (χ3v) is 4.15. The Kier molecular flexibility index (Phi) is 4.38. The topological polar surface area (TPSA) is 56.5 Å². The van der Waals surface area contributed by atoms with Crippen LogP contribution in [0.5, 0.6) is 0 Å². The number of tetrazole rings is 1. The van der Waals surface area contributed by atoms with Crippen LogP contribution in [0.4, 0.5) is 0 Å². The second kappa shape index (κ2) is 6.43. The van der Waals surface area contributed by atoms with E-state index in [0.717, 1.165) is 5.69 Å². The summed E-state index contributed by atoms with van der Waals surface area (Å²) < 4.78 is 1.67. The minimum Gasteiger partial charge on any atom is -0.239 e. The second-order valence-corrected chi connectivity index (χ2v) is 5.80. The van der Waals surface area contributed by atoms with Crippen LogP contribution in [0.25, 0.3) is 5.69 Å². The summed E-state index contributed by atoms with van der Waals surface area (Å²) in [5.41, 5.74) is 1.60. The molecule has 0 radical (unpaired) electrons. The van der Waals surface area contributed by atoms with Crippen LogP contribution in [0.1, 0.15) is 5.69 Å². The van der Waals surface area contributed by atoms with E-state index < -0.39 is 0 Å². The van der Waals surface area contributed by atoms with Crippen LogP contribution in [-0.4, -0.2) is 25.2 Å². The molecule has 0 aliphatic heterocycles. The lowest BCUT2D eigenvalue weighted by atomic mass is 10.3. The fourth-order valence-corrected chi connectivity index (χ4v) is 2.95. The first-order valence-corrected chi connectivity index (χ1v) is 7.76. The Morgan fingerprint density at radius 2 is 1.86 bits per heavy atom. The van der Waals surface area contributed by atoms with Crippen molar-refractivity contribution >= 4 is 35.0 Å². The Morgan fingerprint density at radius 3 is 2.67 bits per heavy atom. The fraction of sp³-hybridized carbons (Fsp3) is 0.0769. The molecule has 0 bridgehead atoms. The highest BCUT2D eigenvalue weighted by atomic mass is 35.5. The van der Waals surface area contributed by atoms with Gasteiger partial charge in [-0.3, -0.25) is 0 Å². The Labute approximate surface area is 135 Å². The molecule has 0 atom stereocenters. The summed E-state index contributed by atoms with van der Waals surface area (Å²) >= 11 is 13.4. The average Bonchev–Trinajstić information content (AvgIpc) is 2.97. The van der Waals surface area contributed by atoms with Crippen molar-refractivity contribution in [3.8, 4) is 5.69 Å². The fourth-order valence-electron chi connectivity index (χ4n) is 1.69. The summed E-state index contributed by atoms with van der Waals surface area (Å²) in [5, 5.41) is 13.4. The molecular weight excluding hydrogens is 329 g/mol. The van der Waals surface area contributed by atoms with E-state index in [1.165, 1.54) is 11.8 Å². The van der Waals surface area contributed by atoms with Gasteiger partial charge in [0.1, 0.15) is 5.15 Å². The molecule has 3 aromatic rings. The first kappa shape index (κ1) is 14.3. The molecule has 2 aromatic heterocycles. The van der Waals surface area contributed by atoms with Gasteiger partial charge in [-0.25, -0.2) is 4.98 Å². The van der Waals surface area contributed by atoms with Crippen LogP contribution in [0.3, 0.4) is 0 Å². The van der Waals surface area contributed by atoms with E-state index in [1.807, 2.05) is 30.3 Å². The van der Waals surface area contributed by atoms with Crippen molar-refractivity contribution < 1.29 is 0 Å². The van der Waals surface area contributed by atoms with Crippen LogP contribution in [0.15, 0.2) is 47.6 Å². The predicted octanol–water partition coefficient (Wildman–Crippen LogP) is 3.66. The third-order valence-electron chi connectivity index (χ3n) is 2.66. The Hall–Kier alpha value is -1.63. The highest BCUT2D eigenvalue weighted by molar-refractivity contribution is 7.98. The van der Waals surface area contributed by atoms with E-state index in [2.05, 4.69) is 20.5 Å². The number of thioether (sulfide) groups is 1. The molecule has 0 aliphatic carbocycles. The van der Waals surface area contributed by atoms with Crippen molar-refractivity contribution in [1.29, 1.82) is 0 Å². The molecule has 0 unspecified atom stereocenters. The van der Waals surface area contributed by atoms with Crippen molar-refractivity contribution in [2.45, 2.75) is 10.9 Å². The van der Waals surface area contributed by atoms with Gasteiger partial charge < -0.3 is 0 Å². The average molecular weight is 338 g/mol. The number of halogens is 2. The van der Waals surface area contributed by atoms with Crippen molar-refractivity contribution in [2.75, 3.05) is 0 Å². The predicted molar refractivity (Wildman–Crippen MR) is 83.0 cm³/mol. The lowest BCUT2D eigenvalue weighted by molar-refractivity contribution is 0.756. The molecule has 1 aromatic carbocycles. The minimum atomic E-state index is 0.414. The van der Waals surface area contributed by atoms with Crippen molar-refractivity contribution in [2.24, 2.45) is 0 Å². The van der Waals surface area contributed by atoms with Gasteiger partial charge >= 0.3 is 0 Å². The molecule has 0 N–H and O–H groups in total. The molecule has 106 valence electrons. The first-order valence-electron chi connectivity index (χ1n) is 6.01. The van der Waals surface area contributed by atoms with E-state index in [-0.39, 0.29) is 0 Å². The number of nitrogens with zero attached hydrogens (tertiary/aromatic N) is 5. The summed E-state index contributed by atoms with van der Waals surface area (Å²) in [6.45, 7) is 0. The summed E-state index contributed by atoms with van der Waals surface area (Å²) in [5.74, 6) is 0.534. The highest BCUT2D eigenvalue weighted by Gasteiger charge is 2.11. The third kappa shape index (κ3) is 3.34. The van der Waals surface area contributed by atoms with Gasteiger partial charge in [0.15, 0.2) is 0 Å². The molecule has 0 spiro atoms. The van der Waals surface area contributed by atoms with Crippen LogP contribution >= 0.6 is 35.0 Å². The Bertz CT molecular complexity index is 747. The molecule has 0 aliphatic rings. The van der Waals surface area contributed by atoms with Gasteiger partial charge in [-0.1, -0.05) is 53.2 Å². The van der Waals surface area contributed by atoms with Crippen molar-refractivity contribution in [3.63, 3.8) is 0 Å². The van der Waals surface area contributed by atoms with E-state index >= 15 is 0 Å². The molecule has 0 saturated carbocycles. The zero-order valence-electron chi connectivity index (χ0n) is 10.6. The first-order chi connectivity index (χ1) is 10.2. The molecule has 5 nitrogen and oxygen atoms in total. The number of aromatic nitrogens is 5. The second-order valence-electron chi connectivity index (χ2n) is 4.06. The summed E-state index contributed by atoms with van der Waals surface area (Å²) in [6.07, 6.45) is 0. The summed E-state index contributed by atoms with van der Waals surface area (Å²) in [4.78, 5) is 4.21. The van der Waals surface area contributed by atoms with Gasteiger partial charge in [0, 0.05) is 5.75 Å². The maximum atomic E-state index is 6.10. The van der Waals surface area contributed by atoms with Gasteiger partial charge in [-0.05, 0) is 34.7 Å². The van der Waals surface area contributed by atoms with Gasteiger partial charge in [0.05, 0.1) is 16.4 Å². The number of benzene rings is 1. The molecule has 0 amide bonds. The van der Waals surface area contributed by atoms with Gasteiger partial charge in [-0.2, -0.15) is 4.68 Å². The molecule has 0 saturated heterocycles. The van der Waals surface area contributed by atoms with Crippen LogP contribution in [-0.2, 0) is 5.75 Å². The number of pyridine rings is 1. The van der Waals surface area contributed by atoms with Crippen molar-refractivity contribution in [3.05, 3.63) is 58.3 Å². The normalized spacial score (nSPS) is 10.8. The Morgan fingerprint density at radius 1 is 1.05 bits per heavy atom. The highest BCUT2D eigenvalue weighted by Crippen LogP contribution is 2.26. The SMILES string of the molecule is Clc1ccc(Cl)c(CSc2nnnn2-c2ccccc2)n1. The number of para-hydroxylation sites is 1. The maximum absolute atomic E-state index is 6.10. The van der Waals surface area contributed by atoms with E-state index in [9.17, 15) is 0 Å². The van der Waals surface area contributed by atoms with E-state index in [1.54, 1.807) is 16.8 Å². The van der Waals surface area contributed by atoms with E-state index in [4.69, 9.17) is 23.2 Å². The summed E-state index contributed by atoms with van der Waals surface area (Å²) in [6, 6.07) is 13.1. The summed E-state index contributed by atoms with van der Waals surface area (Å²) in [7, 11) is 0. The van der Waals surface area contributed by atoms with Crippen LogP contribution < -0.4 is 0 Å². The molecule has 0 fully saturated rings. The maximum Gasteiger partial charge on any atom is 0.214 e. The van der Waals surface area contributed by atoms with Gasteiger partial charge in [-0.15, -0.1) is 5.10 Å². The molecule has 3 rings (SSSR count). The zero-order chi connectivity index (χ0) is 14.7. The van der Waals surface area contributed by atoms with Gasteiger partial charge in [0.25, 0.3) is 0 Å². The smallest absolute Gasteiger partial charge is 0.214 e. The molecule has 8 heteroatoms. The molecule has 2 heterocycles. The molecular formula is C13H9Cl2N5S. The van der Waals surface area contributed by atoms with Gasteiger partial charge in [0.2, 0.25) is 5.16 Å². The van der Waals surface area contributed by atoms with E-state index in [0.29, 0.717) is 26.8 Å². The quantitative estimate of drug-likeness (QED) is 0.537. The minimum absolute atomic E-state index is 0.414. The Balaban J connectivity index is 1.81. The van der Waals surface area contributed by atoms with Crippen LogP contribution in [0.2, 0.25) is 10.2 Å². The standard InChI is InChI=1S/C13H9Cl2N5S/c14-10-6-7-12(15)16-11(10)8-21-13-17-18-19-20(13)9-4-2-1-3-5-9/h1-7H,8H2. The number of rotatable bonds is 4. The van der Waals surface area contributed by atoms with Crippen LogP contribution in [0, 0.1) is 0 Å². The lowest BCUT2D eigenvalue weighted by Gasteiger charge is -2.05. The molecule has 21 heavy (non-hydrogen) atoms. The number of hydrogen-bond acceptors (Lipinski definition) is 5. The largest absolute Gasteiger partial charge is 0.239 e. The number of hydrogen-bond donors (Lipinski definition) is 0. The lowest BCUT2D eigenvalue weighted by Crippen LogP contribution is -1.99. The monoisotopic (exact) mass is 337 g/mol. The van der Waals surface area contributed by atoms with Crippen molar-refractivity contribution in [1.82, 2.24) is 25.2 Å².